The van der Waals surface area contributed by atoms with E-state index in [-0.39, 0.29) is 11.3 Å². The van der Waals surface area contributed by atoms with E-state index < -0.39 is 23.8 Å². The molecule has 0 aliphatic rings. The number of nitrogens with one attached hydrogen (secondary N) is 1. The van der Waals surface area contributed by atoms with Crippen molar-refractivity contribution in [3.8, 4) is 11.8 Å². The minimum atomic E-state index is -4.93. The number of benzene rings is 1. The fraction of sp³-hybridized carbons (Fsp3) is 0.385. The molecule has 114 valence electrons. The summed E-state index contributed by atoms with van der Waals surface area (Å²) in [6.45, 7) is 4.93. The second-order valence-electron chi connectivity index (χ2n) is 5.00. The van der Waals surface area contributed by atoms with Gasteiger partial charge in [-0.05, 0) is 32.9 Å². The van der Waals surface area contributed by atoms with Crippen molar-refractivity contribution in [1.29, 1.82) is 5.26 Å². The maximum atomic E-state index is 12.2. The van der Waals surface area contributed by atoms with Gasteiger partial charge in [0.05, 0.1) is 5.56 Å². The molecule has 0 aliphatic carbocycles. The summed E-state index contributed by atoms with van der Waals surface area (Å²) in [6.07, 6.45) is -5.76. The van der Waals surface area contributed by atoms with Crippen molar-refractivity contribution >= 4 is 11.8 Å². The van der Waals surface area contributed by atoms with E-state index in [0.29, 0.717) is 0 Å². The predicted octanol–water partition coefficient (Wildman–Crippen LogP) is 3.80. The van der Waals surface area contributed by atoms with Crippen LogP contribution < -0.4 is 10.1 Å². The van der Waals surface area contributed by atoms with E-state index in [1.165, 1.54) is 6.07 Å². The lowest BCUT2D eigenvalue weighted by atomic mass is 10.2. The molecular formula is C13H13F3N2O3. The van der Waals surface area contributed by atoms with Crippen molar-refractivity contribution in [1.82, 2.24) is 0 Å². The first kappa shape index (κ1) is 16.6. The zero-order chi connectivity index (χ0) is 16.3. The molecule has 0 spiro atoms. The van der Waals surface area contributed by atoms with Gasteiger partial charge in [-0.3, -0.25) is 5.32 Å². The molecule has 0 fully saturated rings. The third kappa shape index (κ3) is 6.03. The first-order valence-electron chi connectivity index (χ1n) is 5.80. The van der Waals surface area contributed by atoms with E-state index in [1.807, 2.05) is 0 Å². The molecule has 0 atom stereocenters. The standard InChI is InChI=1S/C13H13F3N2O3/c1-12(2,3)21-11(19)18-9-5-4-8(7-17)10(6-9)20-13(14,15)16/h4-6H,1-3H3,(H,18,19). The highest BCUT2D eigenvalue weighted by molar-refractivity contribution is 5.85. The van der Waals surface area contributed by atoms with E-state index in [9.17, 15) is 18.0 Å². The van der Waals surface area contributed by atoms with Crippen LogP contribution in [0.2, 0.25) is 0 Å². The number of ether oxygens (including phenoxy) is 2. The SMILES string of the molecule is CC(C)(C)OC(=O)Nc1ccc(C#N)c(OC(F)(F)F)c1. The average molecular weight is 302 g/mol. The number of carbonyl (C=O) groups is 1. The first-order chi connectivity index (χ1) is 9.50. The minimum absolute atomic E-state index is 0.0162. The number of hydrogen-bond donors (Lipinski definition) is 1. The molecule has 1 aromatic rings. The quantitative estimate of drug-likeness (QED) is 0.902. The van der Waals surface area contributed by atoms with Crippen molar-refractivity contribution in [2.24, 2.45) is 0 Å². The third-order valence-corrected chi connectivity index (χ3v) is 1.97. The molecule has 8 heteroatoms. The topological polar surface area (TPSA) is 71.3 Å². The number of carbonyl (C=O) groups excluding carboxylic acids is 1. The van der Waals surface area contributed by atoms with Gasteiger partial charge in [0.2, 0.25) is 0 Å². The van der Waals surface area contributed by atoms with E-state index in [2.05, 4.69) is 10.1 Å². The largest absolute Gasteiger partial charge is 0.573 e. The van der Waals surface area contributed by atoms with Crippen LogP contribution in [0.3, 0.4) is 0 Å². The molecule has 1 rings (SSSR count). The summed E-state index contributed by atoms with van der Waals surface area (Å²) in [6, 6.07) is 4.84. The van der Waals surface area contributed by atoms with Crippen LogP contribution >= 0.6 is 0 Å². The highest BCUT2D eigenvalue weighted by Crippen LogP contribution is 2.29. The summed E-state index contributed by atoms with van der Waals surface area (Å²) in [7, 11) is 0. The smallest absolute Gasteiger partial charge is 0.444 e. The Balaban J connectivity index is 2.93. The number of alkyl halides is 3. The molecule has 1 N–H and O–H groups in total. The highest BCUT2D eigenvalue weighted by Gasteiger charge is 2.32. The van der Waals surface area contributed by atoms with Crippen molar-refractivity contribution in [3.63, 3.8) is 0 Å². The predicted molar refractivity (Wildman–Crippen MR) is 67.7 cm³/mol. The van der Waals surface area contributed by atoms with Crippen molar-refractivity contribution in [2.75, 3.05) is 5.32 Å². The number of hydrogen-bond acceptors (Lipinski definition) is 4. The van der Waals surface area contributed by atoms with Gasteiger partial charge < -0.3 is 9.47 Å². The van der Waals surface area contributed by atoms with Crippen LogP contribution in [0.25, 0.3) is 0 Å². The van der Waals surface area contributed by atoms with Crippen LogP contribution in [-0.4, -0.2) is 18.1 Å². The zero-order valence-electron chi connectivity index (χ0n) is 11.5. The van der Waals surface area contributed by atoms with Gasteiger partial charge in [-0.15, -0.1) is 13.2 Å². The Bertz CT molecular complexity index is 571. The molecule has 0 aliphatic heterocycles. The fourth-order valence-electron chi connectivity index (χ4n) is 1.32. The highest BCUT2D eigenvalue weighted by atomic mass is 19.4. The second kappa shape index (κ2) is 5.91. The molecule has 0 radical (unpaired) electrons. The van der Waals surface area contributed by atoms with Crippen LogP contribution in [0.1, 0.15) is 26.3 Å². The Morgan fingerprint density at radius 1 is 1.29 bits per heavy atom. The van der Waals surface area contributed by atoms with Gasteiger partial charge in [0.25, 0.3) is 0 Å². The van der Waals surface area contributed by atoms with Crippen molar-refractivity contribution in [2.45, 2.75) is 32.7 Å². The normalized spacial score (nSPS) is 11.5. The maximum absolute atomic E-state index is 12.2. The van der Waals surface area contributed by atoms with E-state index >= 15 is 0 Å². The lowest BCUT2D eigenvalue weighted by Crippen LogP contribution is -2.27. The van der Waals surface area contributed by atoms with Gasteiger partial charge in [0, 0.05) is 11.8 Å². The Morgan fingerprint density at radius 3 is 2.38 bits per heavy atom. The van der Waals surface area contributed by atoms with Gasteiger partial charge in [0.1, 0.15) is 17.4 Å². The summed E-state index contributed by atoms with van der Waals surface area (Å²) in [5.41, 5.74) is -1.04. The lowest BCUT2D eigenvalue weighted by molar-refractivity contribution is -0.274. The van der Waals surface area contributed by atoms with Gasteiger partial charge in [-0.25, -0.2) is 4.79 Å². The van der Waals surface area contributed by atoms with Gasteiger partial charge >= 0.3 is 12.5 Å². The van der Waals surface area contributed by atoms with Crippen LogP contribution in [0, 0.1) is 11.3 Å². The average Bonchev–Trinajstić information content (AvgIpc) is 2.24. The maximum Gasteiger partial charge on any atom is 0.573 e. The summed E-state index contributed by atoms with van der Waals surface area (Å²) >= 11 is 0. The molecular weight excluding hydrogens is 289 g/mol. The molecule has 0 heterocycles. The molecule has 1 amide bonds. The number of amides is 1. The molecule has 0 aromatic heterocycles. The number of nitrogens with zero attached hydrogens (tertiary/aromatic N) is 1. The second-order valence-corrected chi connectivity index (χ2v) is 5.00. The van der Waals surface area contributed by atoms with Crippen LogP contribution in [-0.2, 0) is 4.74 Å². The molecule has 1 aromatic carbocycles. The van der Waals surface area contributed by atoms with Crippen molar-refractivity contribution < 1.29 is 27.4 Å². The minimum Gasteiger partial charge on any atom is -0.444 e. The summed E-state index contributed by atoms with van der Waals surface area (Å²) in [4.78, 5) is 11.5. The number of nitriles is 1. The van der Waals surface area contributed by atoms with Crippen molar-refractivity contribution in [3.05, 3.63) is 23.8 Å². The Kier molecular flexibility index (Phi) is 4.68. The van der Waals surface area contributed by atoms with Crippen LogP contribution in [0.5, 0.6) is 5.75 Å². The fourth-order valence-corrected chi connectivity index (χ4v) is 1.32. The molecule has 21 heavy (non-hydrogen) atoms. The summed E-state index contributed by atoms with van der Waals surface area (Å²) in [5, 5.41) is 11.0. The van der Waals surface area contributed by atoms with Crippen LogP contribution in [0.15, 0.2) is 18.2 Å². The summed E-state index contributed by atoms with van der Waals surface area (Å²) in [5.74, 6) is -0.696. The molecule has 0 bridgehead atoms. The molecule has 0 saturated carbocycles. The Labute approximate surface area is 119 Å². The number of rotatable bonds is 2. The molecule has 5 nitrogen and oxygen atoms in total. The monoisotopic (exact) mass is 302 g/mol. The first-order valence-corrected chi connectivity index (χ1v) is 5.80. The Hall–Kier alpha value is -2.43. The van der Waals surface area contributed by atoms with Gasteiger partial charge in [-0.2, -0.15) is 5.26 Å². The third-order valence-electron chi connectivity index (χ3n) is 1.97. The van der Waals surface area contributed by atoms with Gasteiger partial charge in [0.15, 0.2) is 0 Å². The zero-order valence-corrected chi connectivity index (χ0v) is 11.5. The number of halogens is 3. The van der Waals surface area contributed by atoms with Gasteiger partial charge in [-0.1, -0.05) is 0 Å². The van der Waals surface area contributed by atoms with E-state index in [4.69, 9.17) is 10.00 Å². The molecule has 0 saturated heterocycles. The Morgan fingerprint density at radius 2 is 1.90 bits per heavy atom. The van der Waals surface area contributed by atoms with E-state index in [1.54, 1.807) is 26.8 Å². The molecule has 0 unspecified atom stereocenters. The van der Waals surface area contributed by atoms with E-state index in [0.717, 1.165) is 12.1 Å². The number of anilines is 1. The summed E-state index contributed by atoms with van der Waals surface area (Å²) < 4.78 is 45.4. The van der Waals surface area contributed by atoms with Crippen LogP contribution in [0.4, 0.5) is 23.7 Å². The lowest BCUT2D eigenvalue weighted by Gasteiger charge is -2.20.